The number of rotatable bonds is 5. The standard InChI is InChI=1S/C24H22ClN5O2S/c25-16-5-6-17-15(11-16)12-20(28-17)22(31)29-18-3-1-2-4-19(18)30-23(32)24-27-13-21(33-24)14-7-9-26-10-8-14/h5-13,18-19,28H,1-4H2,(H,29,31)(H,30,32)/t18-,19-/m0/s1. The van der Waals surface area contributed by atoms with Crippen molar-refractivity contribution in [2.75, 3.05) is 0 Å². The molecule has 7 nitrogen and oxygen atoms in total. The van der Waals surface area contributed by atoms with E-state index in [1.807, 2.05) is 24.3 Å². The fourth-order valence-corrected chi connectivity index (χ4v) is 5.21. The van der Waals surface area contributed by atoms with Crippen molar-refractivity contribution in [1.82, 2.24) is 25.6 Å². The maximum atomic E-state index is 12.9. The van der Waals surface area contributed by atoms with Crippen LogP contribution in [0.15, 0.2) is 55.0 Å². The minimum atomic E-state index is -0.216. The molecule has 3 aromatic heterocycles. The van der Waals surface area contributed by atoms with Crippen molar-refractivity contribution in [1.29, 1.82) is 0 Å². The summed E-state index contributed by atoms with van der Waals surface area (Å²) in [5.41, 5.74) is 2.31. The van der Waals surface area contributed by atoms with Crippen LogP contribution in [0.4, 0.5) is 0 Å². The molecule has 0 aliphatic heterocycles. The van der Waals surface area contributed by atoms with E-state index in [0.29, 0.717) is 15.7 Å². The van der Waals surface area contributed by atoms with Gasteiger partial charge in [-0.15, -0.1) is 11.3 Å². The van der Waals surface area contributed by atoms with Gasteiger partial charge in [-0.05, 0) is 54.8 Å². The Morgan fingerprint density at radius 3 is 2.48 bits per heavy atom. The monoisotopic (exact) mass is 479 g/mol. The van der Waals surface area contributed by atoms with Gasteiger partial charge in [0.05, 0.1) is 4.88 Å². The van der Waals surface area contributed by atoms with E-state index in [-0.39, 0.29) is 23.9 Å². The predicted molar refractivity (Wildman–Crippen MR) is 130 cm³/mol. The second-order valence-corrected chi connectivity index (χ2v) is 9.59. The number of halogens is 1. The lowest BCUT2D eigenvalue weighted by Gasteiger charge is -2.32. The second kappa shape index (κ2) is 9.33. The molecule has 33 heavy (non-hydrogen) atoms. The smallest absolute Gasteiger partial charge is 0.280 e. The molecule has 0 bridgehead atoms. The van der Waals surface area contributed by atoms with Gasteiger partial charge < -0.3 is 15.6 Å². The molecule has 2 amide bonds. The fraction of sp³-hybridized carbons (Fsp3) is 0.250. The van der Waals surface area contributed by atoms with Crippen molar-refractivity contribution < 1.29 is 9.59 Å². The van der Waals surface area contributed by atoms with Crippen LogP contribution in [-0.2, 0) is 0 Å². The van der Waals surface area contributed by atoms with Gasteiger partial charge in [-0.3, -0.25) is 14.6 Å². The van der Waals surface area contributed by atoms with Crippen LogP contribution in [0.1, 0.15) is 46.0 Å². The van der Waals surface area contributed by atoms with Crippen molar-refractivity contribution in [3.05, 3.63) is 70.7 Å². The quantitative estimate of drug-likeness (QED) is 0.382. The number of hydrogen-bond acceptors (Lipinski definition) is 5. The molecule has 5 rings (SSSR count). The molecule has 1 aromatic carbocycles. The number of thiazole rings is 1. The number of amides is 2. The van der Waals surface area contributed by atoms with Crippen molar-refractivity contribution in [2.24, 2.45) is 0 Å². The highest BCUT2D eigenvalue weighted by Gasteiger charge is 2.29. The first-order valence-electron chi connectivity index (χ1n) is 10.8. The Kier molecular flexibility index (Phi) is 6.11. The zero-order valence-corrected chi connectivity index (χ0v) is 19.2. The van der Waals surface area contributed by atoms with E-state index in [9.17, 15) is 9.59 Å². The molecule has 1 fully saturated rings. The van der Waals surface area contributed by atoms with E-state index in [1.54, 1.807) is 30.7 Å². The maximum absolute atomic E-state index is 12.9. The minimum Gasteiger partial charge on any atom is -0.351 e. The lowest BCUT2D eigenvalue weighted by Crippen LogP contribution is -2.53. The summed E-state index contributed by atoms with van der Waals surface area (Å²) < 4.78 is 0. The van der Waals surface area contributed by atoms with E-state index in [2.05, 4.69) is 25.6 Å². The lowest BCUT2D eigenvalue weighted by molar-refractivity contribution is 0.0860. The fourth-order valence-electron chi connectivity index (χ4n) is 4.21. The number of aromatic nitrogens is 3. The molecular weight excluding hydrogens is 458 g/mol. The van der Waals surface area contributed by atoms with Gasteiger partial charge in [-0.1, -0.05) is 24.4 Å². The third-order valence-electron chi connectivity index (χ3n) is 5.89. The van der Waals surface area contributed by atoms with Crippen molar-refractivity contribution >= 4 is 45.7 Å². The summed E-state index contributed by atoms with van der Waals surface area (Å²) >= 11 is 7.40. The number of benzene rings is 1. The first-order chi connectivity index (χ1) is 16.1. The summed E-state index contributed by atoms with van der Waals surface area (Å²) in [6.45, 7) is 0. The van der Waals surface area contributed by atoms with Gasteiger partial charge in [0.2, 0.25) is 0 Å². The summed E-state index contributed by atoms with van der Waals surface area (Å²) in [5.74, 6) is -0.408. The lowest BCUT2D eigenvalue weighted by atomic mass is 9.90. The Labute approximate surface area is 199 Å². The average molecular weight is 480 g/mol. The zero-order chi connectivity index (χ0) is 22.8. The summed E-state index contributed by atoms with van der Waals surface area (Å²) in [5, 5.41) is 8.12. The first kappa shape index (κ1) is 21.6. The highest BCUT2D eigenvalue weighted by molar-refractivity contribution is 7.16. The maximum Gasteiger partial charge on any atom is 0.280 e. The van der Waals surface area contributed by atoms with Crippen LogP contribution >= 0.6 is 22.9 Å². The summed E-state index contributed by atoms with van der Waals surface area (Å²) in [6.07, 6.45) is 8.75. The number of carbonyl (C=O) groups excluding carboxylic acids is 2. The van der Waals surface area contributed by atoms with Gasteiger partial charge in [-0.25, -0.2) is 4.98 Å². The first-order valence-corrected chi connectivity index (χ1v) is 12.0. The molecular formula is C24H22ClN5O2S. The Bertz CT molecular complexity index is 1300. The van der Waals surface area contributed by atoms with Crippen LogP contribution in [0.25, 0.3) is 21.3 Å². The molecule has 168 valence electrons. The van der Waals surface area contributed by atoms with Crippen molar-refractivity contribution in [2.45, 2.75) is 37.8 Å². The van der Waals surface area contributed by atoms with Crippen LogP contribution in [0.3, 0.4) is 0 Å². The van der Waals surface area contributed by atoms with Crippen molar-refractivity contribution in [3.8, 4) is 10.4 Å². The van der Waals surface area contributed by atoms with Crippen LogP contribution < -0.4 is 10.6 Å². The van der Waals surface area contributed by atoms with E-state index < -0.39 is 0 Å². The second-order valence-electron chi connectivity index (χ2n) is 8.12. The van der Waals surface area contributed by atoms with Gasteiger partial charge in [0, 0.05) is 46.6 Å². The van der Waals surface area contributed by atoms with Crippen LogP contribution in [-0.4, -0.2) is 38.8 Å². The Balaban J connectivity index is 1.27. The third kappa shape index (κ3) is 4.77. The highest BCUT2D eigenvalue weighted by Crippen LogP contribution is 2.26. The molecule has 2 atom stereocenters. The number of aromatic amines is 1. The van der Waals surface area contributed by atoms with Crippen LogP contribution in [0.5, 0.6) is 0 Å². The Morgan fingerprint density at radius 1 is 1.00 bits per heavy atom. The molecule has 0 saturated heterocycles. The average Bonchev–Trinajstić information content (AvgIpc) is 3.48. The number of nitrogens with zero attached hydrogens (tertiary/aromatic N) is 2. The van der Waals surface area contributed by atoms with E-state index >= 15 is 0 Å². The van der Waals surface area contributed by atoms with Gasteiger partial charge in [0.15, 0.2) is 5.01 Å². The molecule has 3 N–H and O–H groups in total. The van der Waals surface area contributed by atoms with Gasteiger partial charge >= 0.3 is 0 Å². The molecule has 0 radical (unpaired) electrons. The molecule has 1 saturated carbocycles. The molecule has 0 spiro atoms. The van der Waals surface area contributed by atoms with Crippen LogP contribution in [0.2, 0.25) is 5.02 Å². The van der Waals surface area contributed by atoms with Crippen LogP contribution in [0, 0.1) is 0 Å². The molecule has 1 aliphatic rings. The minimum absolute atomic E-state index is 0.148. The molecule has 9 heteroatoms. The van der Waals surface area contributed by atoms with Crippen molar-refractivity contribution in [3.63, 3.8) is 0 Å². The van der Waals surface area contributed by atoms with E-state index in [0.717, 1.165) is 47.0 Å². The summed E-state index contributed by atoms with van der Waals surface area (Å²) in [6, 6.07) is 10.7. The normalized spacial score (nSPS) is 18.2. The Hall–Kier alpha value is -3.23. The predicted octanol–water partition coefficient (Wildman–Crippen LogP) is 4.81. The van der Waals surface area contributed by atoms with E-state index in [1.165, 1.54) is 11.3 Å². The number of carbonyl (C=O) groups is 2. The SMILES string of the molecule is O=C(N[C@H]1CCCC[C@@H]1NC(=O)c1ncc(-c2ccncc2)s1)c1cc2cc(Cl)ccc2[nH]1. The molecule has 3 heterocycles. The Morgan fingerprint density at radius 2 is 1.73 bits per heavy atom. The zero-order valence-electron chi connectivity index (χ0n) is 17.7. The largest absolute Gasteiger partial charge is 0.351 e. The number of H-pyrrole nitrogens is 1. The highest BCUT2D eigenvalue weighted by atomic mass is 35.5. The topological polar surface area (TPSA) is 99.8 Å². The van der Waals surface area contributed by atoms with Gasteiger partial charge in [0.1, 0.15) is 5.69 Å². The molecule has 1 aliphatic carbocycles. The van der Waals surface area contributed by atoms with Gasteiger partial charge in [0.25, 0.3) is 11.8 Å². The van der Waals surface area contributed by atoms with E-state index in [4.69, 9.17) is 11.6 Å². The molecule has 0 unspecified atom stereocenters. The number of fused-ring (bicyclic) bond motifs is 1. The molecule has 4 aromatic rings. The summed E-state index contributed by atoms with van der Waals surface area (Å²) in [7, 11) is 0. The number of nitrogens with one attached hydrogen (secondary N) is 3. The third-order valence-corrected chi connectivity index (χ3v) is 7.17. The summed E-state index contributed by atoms with van der Waals surface area (Å²) in [4.78, 5) is 38.2. The number of pyridine rings is 1. The number of hydrogen-bond donors (Lipinski definition) is 3. The van der Waals surface area contributed by atoms with Gasteiger partial charge in [-0.2, -0.15) is 0 Å².